The number of hydrogen-bond donors (Lipinski definition) is 1. The maximum atomic E-state index is 6.04. The first-order valence-corrected chi connectivity index (χ1v) is 6.92. The number of ether oxygens (including phenoxy) is 2. The summed E-state index contributed by atoms with van der Waals surface area (Å²) in [6.45, 7) is 0. The van der Waals surface area contributed by atoms with Crippen molar-refractivity contribution in [2.45, 2.75) is 4.90 Å². The summed E-state index contributed by atoms with van der Waals surface area (Å²) >= 11 is 1.60. The first-order valence-electron chi connectivity index (χ1n) is 5.70. The zero-order chi connectivity index (χ0) is 14.0. The zero-order valence-corrected chi connectivity index (χ0v) is 12.2. The molecule has 0 fully saturated rings. The normalized spacial score (nSPS) is 10.5. The van der Waals surface area contributed by atoms with Gasteiger partial charge in [0, 0.05) is 18.2 Å². The quantitative estimate of drug-likeness (QED) is 0.871. The molecule has 0 aliphatic rings. The molecule has 1 aromatic carbocycles. The van der Waals surface area contributed by atoms with E-state index in [0.29, 0.717) is 5.82 Å². The molecule has 0 unspecified atom stereocenters. The number of nitrogens with two attached hydrogens (primary N) is 1. The zero-order valence-electron chi connectivity index (χ0n) is 11.4. The summed E-state index contributed by atoms with van der Waals surface area (Å²) < 4.78 is 12.5. The highest BCUT2D eigenvalue weighted by Gasteiger charge is 2.17. The van der Waals surface area contributed by atoms with Gasteiger partial charge in [-0.1, -0.05) is 0 Å². The first kappa shape index (κ1) is 13.6. The maximum Gasteiger partial charge on any atom is 0.140 e. The molecule has 1 heterocycles. The fourth-order valence-corrected chi connectivity index (χ4v) is 2.52. The number of nitrogens with zero attached hydrogens (tertiary/aromatic N) is 2. The molecule has 0 radical (unpaired) electrons. The monoisotopic (exact) mass is 279 g/mol. The Balaban J connectivity index is 2.70. The number of anilines is 1. The Morgan fingerprint density at radius 3 is 2.42 bits per heavy atom. The molecule has 6 heteroatoms. The molecule has 19 heavy (non-hydrogen) atoms. The van der Waals surface area contributed by atoms with E-state index in [4.69, 9.17) is 15.2 Å². The van der Waals surface area contributed by atoms with Crippen LogP contribution in [0, 0.1) is 0 Å². The van der Waals surface area contributed by atoms with Gasteiger partial charge in [0.15, 0.2) is 0 Å². The van der Waals surface area contributed by atoms with Crippen LogP contribution < -0.4 is 15.2 Å². The van der Waals surface area contributed by atoms with Crippen molar-refractivity contribution >= 4 is 17.6 Å². The van der Waals surface area contributed by atoms with Crippen LogP contribution in [0.4, 0.5) is 5.82 Å². The van der Waals surface area contributed by atoms with Crippen LogP contribution in [0.15, 0.2) is 23.2 Å². The highest BCUT2D eigenvalue weighted by atomic mass is 32.2. The molecule has 5 nitrogen and oxygen atoms in total. The Hall–Kier alpha value is -1.82. The van der Waals surface area contributed by atoms with Crippen LogP contribution in [0.2, 0.25) is 0 Å². The highest BCUT2D eigenvalue weighted by molar-refractivity contribution is 7.98. The molecule has 0 atom stereocenters. The Morgan fingerprint density at radius 1 is 1.21 bits per heavy atom. The minimum absolute atomic E-state index is 0.596. The van der Waals surface area contributed by atoms with Gasteiger partial charge in [-0.05, 0) is 18.4 Å². The van der Waals surface area contributed by atoms with Crippen LogP contribution in [0.5, 0.6) is 11.5 Å². The topological polar surface area (TPSA) is 62.3 Å². The van der Waals surface area contributed by atoms with E-state index in [1.165, 1.54) is 0 Å². The van der Waals surface area contributed by atoms with E-state index < -0.39 is 0 Å². The molecule has 0 aliphatic carbocycles. The van der Waals surface area contributed by atoms with Gasteiger partial charge in [0.1, 0.15) is 17.3 Å². The smallest absolute Gasteiger partial charge is 0.140 e. The second kappa shape index (κ2) is 5.44. The lowest BCUT2D eigenvalue weighted by molar-refractivity contribution is 0.396. The van der Waals surface area contributed by atoms with Gasteiger partial charge in [-0.25, -0.2) is 0 Å². The van der Waals surface area contributed by atoms with Crippen LogP contribution in [0.3, 0.4) is 0 Å². The molecule has 0 spiro atoms. The average Bonchev–Trinajstić information content (AvgIpc) is 2.77. The first-order chi connectivity index (χ1) is 9.12. The van der Waals surface area contributed by atoms with E-state index >= 15 is 0 Å². The van der Waals surface area contributed by atoms with Crippen molar-refractivity contribution < 1.29 is 9.47 Å². The molecular formula is C13H17N3O2S. The van der Waals surface area contributed by atoms with E-state index in [2.05, 4.69) is 5.10 Å². The Morgan fingerprint density at radius 2 is 1.95 bits per heavy atom. The Kier molecular flexibility index (Phi) is 3.90. The summed E-state index contributed by atoms with van der Waals surface area (Å²) in [5, 5.41) is 4.17. The number of hydrogen-bond acceptors (Lipinski definition) is 5. The standard InChI is InChI=1S/C13H17N3O2S/c1-16-13(14)10(7-15-16)9-5-8(17-2)6-11(19-4)12(9)18-3/h5-7H,14H2,1-4H3. The van der Waals surface area contributed by atoms with Crippen molar-refractivity contribution in [1.82, 2.24) is 9.78 Å². The van der Waals surface area contributed by atoms with Crippen molar-refractivity contribution in [3.63, 3.8) is 0 Å². The third-order valence-electron chi connectivity index (χ3n) is 2.96. The second-order valence-electron chi connectivity index (χ2n) is 3.98. The molecule has 0 amide bonds. The maximum absolute atomic E-state index is 6.04. The van der Waals surface area contributed by atoms with E-state index in [-0.39, 0.29) is 0 Å². The molecule has 0 aliphatic heterocycles. The van der Waals surface area contributed by atoms with Crippen LogP contribution in [0.25, 0.3) is 11.1 Å². The Bertz CT molecular complexity index is 596. The second-order valence-corrected chi connectivity index (χ2v) is 4.83. The summed E-state index contributed by atoms with van der Waals surface area (Å²) in [5.41, 5.74) is 7.77. The molecule has 102 valence electrons. The van der Waals surface area contributed by atoms with Crippen molar-refractivity contribution in [2.75, 3.05) is 26.2 Å². The van der Waals surface area contributed by atoms with Crippen LogP contribution >= 0.6 is 11.8 Å². The fraction of sp³-hybridized carbons (Fsp3) is 0.308. The van der Waals surface area contributed by atoms with Gasteiger partial charge in [-0.2, -0.15) is 5.10 Å². The van der Waals surface area contributed by atoms with Crippen molar-refractivity contribution in [1.29, 1.82) is 0 Å². The number of benzene rings is 1. The third kappa shape index (κ3) is 2.35. The van der Waals surface area contributed by atoms with Crippen molar-refractivity contribution in [3.05, 3.63) is 18.3 Å². The molecule has 2 aromatic rings. The summed E-state index contributed by atoms with van der Waals surface area (Å²) in [6.07, 6.45) is 3.73. The molecule has 0 saturated carbocycles. The number of thioether (sulfide) groups is 1. The molecule has 1 aromatic heterocycles. The molecule has 0 bridgehead atoms. The van der Waals surface area contributed by atoms with Crippen molar-refractivity contribution in [3.8, 4) is 22.6 Å². The van der Waals surface area contributed by atoms with E-state index in [9.17, 15) is 0 Å². The molecule has 2 N–H and O–H groups in total. The third-order valence-corrected chi connectivity index (χ3v) is 3.71. The number of rotatable bonds is 4. The number of aryl methyl sites for hydroxylation is 1. The largest absolute Gasteiger partial charge is 0.497 e. The van der Waals surface area contributed by atoms with Crippen molar-refractivity contribution in [2.24, 2.45) is 7.05 Å². The Labute approximate surface area is 116 Å². The van der Waals surface area contributed by atoms with Gasteiger partial charge in [-0.15, -0.1) is 11.8 Å². The van der Waals surface area contributed by atoms with Gasteiger partial charge in [0.2, 0.25) is 0 Å². The fourth-order valence-electron chi connectivity index (χ4n) is 1.91. The summed E-state index contributed by atoms with van der Waals surface area (Å²) in [4.78, 5) is 1.00. The lowest BCUT2D eigenvalue weighted by atomic mass is 10.1. The van der Waals surface area contributed by atoms with E-state index in [1.807, 2.05) is 18.4 Å². The predicted octanol–water partition coefficient (Wildman–Crippen LogP) is 2.41. The van der Waals surface area contributed by atoms with E-state index in [1.54, 1.807) is 43.9 Å². The summed E-state index contributed by atoms with van der Waals surface area (Å²) in [5.74, 6) is 2.15. The average molecular weight is 279 g/mol. The van der Waals surface area contributed by atoms with Gasteiger partial charge in [0.05, 0.1) is 25.3 Å². The van der Waals surface area contributed by atoms with Crippen LogP contribution in [0.1, 0.15) is 0 Å². The number of methoxy groups -OCH3 is 2. The van der Waals surface area contributed by atoms with Gasteiger partial charge in [-0.3, -0.25) is 4.68 Å². The number of nitrogen functional groups attached to an aromatic ring is 1. The molecular weight excluding hydrogens is 262 g/mol. The summed E-state index contributed by atoms with van der Waals surface area (Å²) in [7, 11) is 5.10. The summed E-state index contributed by atoms with van der Waals surface area (Å²) in [6, 6.07) is 3.85. The lowest BCUT2D eigenvalue weighted by Gasteiger charge is -2.14. The van der Waals surface area contributed by atoms with E-state index in [0.717, 1.165) is 27.5 Å². The lowest BCUT2D eigenvalue weighted by Crippen LogP contribution is -1.99. The van der Waals surface area contributed by atoms with Gasteiger partial charge < -0.3 is 15.2 Å². The molecule has 2 rings (SSSR count). The van der Waals surface area contributed by atoms with Gasteiger partial charge >= 0.3 is 0 Å². The van der Waals surface area contributed by atoms with Crippen LogP contribution in [-0.2, 0) is 7.05 Å². The predicted molar refractivity (Wildman–Crippen MR) is 77.9 cm³/mol. The highest BCUT2D eigenvalue weighted by Crippen LogP contribution is 2.42. The minimum Gasteiger partial charge on any atom is -0.497 e. The SMILES string of the molecule is COc1cc(SC)c(OC)c(-c2cnn(C)c2N)c1. The van der Waals surface area contributed by atoms with Crippen LogP contribution in [-0.4, -0.2) is 30.3 Å². The minimum atomic E-state index is 0.596. The van der Waals surface area contributed by atoms with Gasteiger partial charge in [0.25, 0.3) is 0 Å². The number of aromatic nitrogens is 2. The molecule has 0 saturated heterocycles.